The molecule has 1 saturated heterocycles. The molecule has 7 nitrogen and oxygen atoms in total. The first-order valence-electron chi connectivity index (χ1n) is 9.12. The van der Waals surface area contributed by atoms with Crippen molar-refractivity contribution in [3.8, 4) is 0 Å². The Kier molecular flexibility index (Phi) is 4.99. The fourth-order valence-electron chi connectivity index (χ4n) is 3.36. The molecule has 3 aromatic rings. The first-order valence-corrected chi connectivity index (χ1v) is 9.12. The van der Waals surface area contributed by atoms with Crippen LogP contribution in [0.1, 0.15) is 12.8 Å². The quantitative estimate of drug-likeness (QED) is 0.740. The van der Waals surface area contributed by atoms with Gasteiger partial charge in [0.1, 0.15) is 17.4 Å². The van der Waals surface area contributed by atoms with Gasteiger partial charge in [-0.25, -0.2) is 28.7 Å². The summed E-state index contributed by atoms with van der Waals surface area (Å²) in [7, 11) is 4.11. The number of likely N-dealkylation sites (tertiary alicyclic amines) is 1. The molecule has 28 heavy (non-hydrogen) atoms. The van der Waals surface area contributed by atoms with Crippen molar-refractivity contribution in [2.24, 2.45) is 0 Å². The maximum absolute atomic E-state index is 13.5. The second kappa shape index (κ2) is 7.59. The van der Waals surface area contributed by atoms with Crippen LogP contribution in [0.25, 0.3) is 11.0 Å². The lowest BCUT2D eigenvalue weighted by Crippen LogP contribution is -2.42. The zero-order valence-electron chi connectivity index (χ0n) is 15.7. The summed E-state index contributed by atoms with van der Waals surface area (Å²) in [4.78, 5) is 21.9. The van der Waals surface area contributed by atoms with Crippen LogP contribution < -0.4 is 10.2 Å². The summed E-state index contributed by atoms with van der Waals surface area (Å²) < 4.78 is 26.7. The van der Waals surface area contributed by atoms with E-state index < -0.39 is 11.6 Å². The summed E-state index contributed by atoms with van der Waals surface area (Å²) in [5, 5.41) is 2.99. The van der Waals surface area contributed by atoms with Crippen LogP contribution in [0.5, 0.6) is 0 Å². The van der Waals surface area contributed by atoms with E-state index in [0.717, 1.165) is 38.1 Å². The minimum atomic E-state index is -0.930. The average molecular weight is 385 g/mol. The number of benzene rings is 1. The van der Waals surface area contributed by atoms with Crippen LogP contribution in [0.3, 0.4) is 0 Å². The molecule has 0 atom stereocenters. The van der Waals surface area contributed by atoms with Crippen LogP contribution in [0.15, 0.2) is 30.7 Å². The van der Waals surface area contributed by atoms with E-state index >= 15 is 0 Å². The standard InChI is InChI=1S/C19H21F2N7/c1-27-7-5-13(6-8-27)28(2)19-22-10-16-17(26-19)18(24-11-23-16)25-12-3-4-14(20)15(21)9-12/h3-4,9-11,13H,5-8H2,1-2H3,(H,23,24,25). The lowest BCUT2D eigenvalue weighted by atomic mass is 10.0. The van der Waals surface area contributed by atoms with E-state index in [9.17, 15) is 8.78 Å². The summed E-state index contributed by atoms with van der Waals surface area (Å²) in [6, 6.07) is 3.95. The maximum Gasteiger partial charge on any atom is 0.226 e. The number of nitrogens with one attached hydrogen (secondary N) is 1. The molecule has 1 aliphatic rings. The van der Waals surface area contributed by atoms with Crippen LogP contribution in [-0.4, -0.2) is 58.1 Å². The third-order valence-electron chi connectivity index (χ3n) is 5.10. The minimum absolute atomic E-state index is 0.362. The summed E-state index contributed by atoms with van der Waals surface area (Å²) in [5.41, 5.74) is 1.47. The molecular weight excluding hydrogens is 364 g/mol. The molecule has 0 bridgehead atoms. The fraction of sp³-hybridized carbons (Fsp3) is 0.368. The van der Waals surface area contributed by atoms with Crippen molar-refractivity contribution in [1.82, 2.24) is 24.8 Å². The second-order valence-electron chi connectivity index (χ2n) is 7.03. The van der Waals surface area contributed by atoms with E-state index in [1.807, 2.05) is 7.05 Å². The Hall–Kier alpha value is -2.94. The van der Waals surface area contributed by atoms with Crippen LogP contribution in [-0.2, 0) is 0 Å². The van der Waals surface area contributed by atoms with Gasteiger partial charge in [0, 0.05) is 24.8 Å². The van der Waals surface area contributed by atoms with Gasteiger partial charge in [-0.1, -0.05) is 0 Å². The summed E-state index contributed by atoms with van der Waals surface area (Å²) in [5.74, 6) is -0.829. The van der Waals surface area contributed by atoms with Crippen molar-refractivity contribution in [2.45, 2.75) is 18.9 Å². The lowest BCUT2D eigenvalue weighted by Gasteiger charge is -2.35. The molecule has 0 amide bonds. The third kappa shape index (κ3) is 3.70. The van der Waals surface area contributed by atoms with E-state index in [4.69, 9.17) is 0 Å². The number of piperidine rings is 1. The topological polar surface area (TPSA) is 70.1 Å². The molecule has 1 fully saturated rings. The van der Waals surface area contributed by atoms with Crippen molar-refractivity contribution < 1.29 is 8.78 Å². The highest BCUT2D eigenvalue weighted by Crippen LogP contribution is 2.25. The van der Waals surface area contributed by atoms with Crippen molar-refractivity contribution in [1.29, 1.82) is 0 Å². The van der Waals surface area contributed by atoms with Gasteiger partial charge in [0.05, 0.1) is 6.20 Å². The van der Waals surface area contributed by atoms with Gasteiger partial charge in [-0.15, -0.1) is 0 Å². The SMILES string of the molecule is CN1CCC(N(C)c2ncc3ncnc(Nc4ccc(F)c(F)c4)c3n2)CC1. The van der Waals surface area contributed by atoms with Crippen LogP contribution in [0, 0.1) is 11.6 Å². The largest absolute Gasteiger partial charge is 0.341 e. The highest BCUT2D eigenvalue weighted by Gasteiger charge is 2.23. The Bertz CT molecular complexity index is 989. The van der Waals surface area contributed by atoms with Crippen LogP contribution >= 0.6 is 0 Å². The van der Waals surface area contributed by atoms with Crippen LogP contribution in [0.2, 0.25) is 0 Å². The molecule has 1 N–H and O–H groups in total. The Morgan fingerprint density at radius 1 is 1.11 bits per heavy atom. The van der Waals surface area contributed by atoms with Gasteiger partial charge in [0.2, 0.25) is 5.95 Å². The van der Waals surface area contributed by atoms with E-state index in [2.05, 4.69) is 42.1 Å². The maximum atomic E-state index is 13.5. The number of hydrogen-bond donors (Lipinski definition) is 1. The average Bonchev–Trinajstić information content (AvgIpc) is 2.71. The molecule has 0 radical (unpaired) electrons. The number of anilines is 3. The number of hydrogen-bond acceptors (Lipinski definition) is 7. The molecule has 2 aromatic heterocycles. The van der Waals surface area contributed by atoms with Crippen molar-refractivity contribution in [3.63, 3.8) is 0 Å². The van der Waals surface area contributed by atoms with Gasteiger partial charge in [0.15, 0.2) is 17.5 Å². The molecular formula is C19H21F2N7. The lowest BCUT2D eigenvalue weighted by molar-refractivity contribution is 0.252. The number of rotatable bonds is 4. The first kappa shape index (κ1) is 18.4. The molecule has 146 valence electrons. The van der Waals surface area contributed by atoms with Gasteiger partial charge in [-0.3, -0.25) is 0 Å². The fourth-order valence-corrected chi connectivity index (χ4v) is 3.36. The van der Waals surface area contributed by atoms with E-state index in [-0.39, 0.29) is 0 Å². The second-order valence-corrected chi connectivity index (χ2v) is 7.03. The monoisotopic (exact) mass is 385 g/mol. The molecule has 9 heteroatoms. The predicted octanol–water partition coefficient (Wildman–Crippen LogP) is 2.97. The molecule has 0 aliphatic carbocycles. The van der Waals surface area contributed by atoms with Gasteiger partial charge in [-0.05, 0) is 45.1 Å². The number of fused-ring (bicyclic) bond motifs is 1. The Balaban J connectivity index is 1.64. The zero-order valence-corrected chi connectivity index (χ0v) is 15.7. The minimum Gasteiger partial charge on any atom is -0.341 e. The van der Waals surface area contributed by atoms with E-state index in [0.29, 0.717) is 34.5 Å². The van der Waals surface area contributed by atoms with Crippen molar-refractivity contribution in [2.75, 3.05) is 37.4 Å². The molecule has 1 aliphatic heterocycles. The Morgan fingerprint density at radius 2 is 1.89 bits per heavy atom. The van der Waals surface area contributed by atoms with Crippen LogP contribution in [0.4, 0.5) is 26.2 Å². The third-order valence-corrected chi connectivity index (χ3v) is 5.10. The van der Waals surface area contributed by atoms with Gasteiger partial charge < -0.3 is 15.1 Å². The molecule has 3 heterocycles. The van der Waals surface area contributed by atoms with E-state index in [1.165, 1.54) is 12.4 Å². The summed E-state index contributed by atoms with van der Waals surface area (Å²) in [6.07, 6.45) is 5.12. The van der Waals surface area contributed by atoms with E-state index in [1.54, 1.807) is 6.20 Å². The summed E-state index contributed by atoms with van der Waals surface area (Å²) in [6.45, 7) is 2.07. The summed E-state index contributed by atoms with van der Waals surface area (Å²) >= 11 is 0. The van der Waals surface area contributed by atoms with Gasteiger partial charge >= 0.3 is 0 Å². The Morgan fingerprint density at radius 3 is 2.64 bits per heavy atom. The van der Waals surface area contributed by atoms with Gasteiger partial charge in [-0.2, -0.15) is 0 Å². The first-order chi connectivity index (χ1) is 13.5. The van der Waals surface area contributed by atoms with Crippen molar-refractivity contribution >= 4 is 28.5 Å². The molecule has 4 rings (SSSR count). The number of halogens is 2. The highest BCUT2D eigenvalue weighted by atomic mass is 19.2. The smallest absolute Gasteiger partial charge is 0.226 e. The Labute approximate surface area is 161 Å². The normalized spacial score (nSPS) is 15.7. The van der Waals surface area contributed by atoms with Crippen molar-refractivity contribution in [3.05, 3.63) is 42.4 Å². The molecule has 0 spiro atoms. The van der Waals surface area contributed by atoms with Gasteiger partial charge in [0.25, 0.3) is 0 Å². The predicted molar refractivity (Wildman–Crippen MR) is 104 cm³/mol. The molecule has 0 saturated carbocycles. The number of nitrogens with zero attached hydrogens (tertiary/aromatic N) is 6. The molecule has 1 aromatic carbocycles. The highest BCUT2D eigenvalue weighted by molar-refractivity contribution is 5.87. The molecule has 0 unspecified atom stereocenters. The zero-order chi connectivity index (χ0) is 19.7. The number of aromatic nitrogens is 4.